The number of carbonyl (C=O) groups is 1. The molecule has 4 unspecified atom stereocenters. The molecule has 0 fully saturated rings. The lowest BCUT2D eigenvalue weighted by molar-refractivity contribution is -0.121. The van der Waals surface area contributed by atoms with E-state index in [1.165, 1.54) is 0 Å². The van der Waals surface area contributed by atoms with Gasteiger partial charge in [-0.1, -0.05) is 53.7 Å². The molecule has 2 N–H and O–H groups in total. The molecule has 4 atom stereocenters. The molecule has 0 spiro atoms. The Kier molecular flexibility index (Phi) is 6.79. The summed E-state index contributed by atoms with van der Waals surface area (Å²) in [6.45, 7) is 11.8. The first kappa shape index (κ1) is 17.3. The van der Waals surface area contributed by atoms with Crippen LogP contribution in [-0.4, -0.2) is 28.7 Å². The van der Waals surface area contributed by atoms with Gasteiger partial charge in [-0.15, -0.1) is 0 Å². The zero-order valence-electron chi connectivity index (χ0n) is 12.4. The van der Waals surface area contributed by atoms with Gasteiger partial charge in [-0.3, -0.25) is 0 Å². The highest BCUT2D eigenvalue weighted by Crippen LogP contribution is 2.22. The fourth-order valence-electron chi connectivity index (χ4n) is 1.72. The van der Waals surface area contributed by atoms with E-state index < -0.39 is 18.1 Å². The summed E-state index contributed by atoms with van der Waals surface area (Å²) in [5.41, 5.74) is 0.0427. The topological polar surface area (TPSA) is 57.5 Å². The van der Waals surface area contributed by atoms with Crippen molar-refractivity contribution in [3.05, 3.63) is 12.2 Å². The molecule has 0 aliphatic carbocycles. The smallest absolute Gasteiger partial charge is 0.126 e. The van der Waals surface area contributed by atoms with Crippen molar-refractivity contribution in [1.29, 1.82) is 0 Å². The number of hydrogen-bond acceptors (Lipinski definition) is 3. The average molecular weight is 256 g/mol. The molecule has 0 aliphatic heterocycles. The molecule has 0 aromatic heterocycles. The van der Waals surface area contributed by atoms with Crippen LogP contribution in [0.1, 0.15) is 41.5 Å². The third kappa shape index (κ3) is 5.78. The van der Waals surface area contributed by atoms with Crippen LogP contribution in [0.15, 0.2) is 12.2 Å². The summed E-state index contributed by atoms with van der Waals surface area (Å²) in [6, 6.07) is 0. The first-order valence-corrected chi connectivity index (χ1v) is 6.61. The Bertz CT molecular complexity index is 276. The van der Waals surface area contributed by atoms with Gasteiger partial charge in [-0.2, -0.15) is 0 Å². The van der Waals surface area contributed by atoms with E-state index in [9.17, 15) is 15.0 Å². The Morgan fingerprint density at radius 2 is 1.50 bits per heavy atom. The van der Waals surface area contributed by atoms with Crippen LogP contribution >= 0.6 is 0 Å². The van der Waals surface area contributed by atoms with Crippen molar-refractivity contribution in [2.24, 2.45) is 23.2 Å². The third-order valence-corrected chi connectivity index (χ3v) is 3.11. The molecule has 0 bridgehead atoms. The maximum atomic E-state index is 10.9. The van der Waals surface area contributed by atoms with Gasteiger partial charge in [-0.25, -0.2) is 0 Å². The van der Waals surface area contributed by atoms with Crippen LogP contribution in [0.25, 0.3) is 0 Å². The van der Waals surface area contributed by atoms with Crippen LogP contribution in [0.5, 0.6) is 0 Å². The van der Waals surface area contributed by atoms with Gasteiger partial charge in [0.25, 0.3) is 0 Å². The van der Waals surface area contributed by atoms with E-state index >= 15 is 0 Å². The lowest BCUT2D eigenvalue weighted by Gasteiger charge is -2.28. The summed E-state index contributed by atoms with van der Waals surface area (Å²) in [7, 11) is 0. The predicted molar refractivity (Wildman–Crippen MR) is 74.2 cm³/mol. The van der Waals surface area contributed by atoms with Gasteiger partial charge < -0.3 is 15.0 Å². The zero-order chi connectivity index (χ0) is 14.5. The third-order valence-electron chi connectivity index (χ3n) is 3.11. The average Bonchev–Trinajstić information content (AvgIpc) is 2.24. The summed E-state index contributed by atoms with van der Waals surface area (Å²) in [4.78, 5) is 10.9. The second-order valence-corrected chi connectivity index (χ2v) is 6.52. The second kappa shape index (κ2) is 7.05. The van der Waals surface area contributed by atoms with Gasteiger partial charge >= 0.3 is 0 Å². The van der Waals surface area contributed by atoms with Crippen molar-refractivity contribution in [2.75, 3.05) is 0 Å². The van der Waals surface area contributed by atoms with Crippen LogP contribution in [0.3, 0.4) is 0 Å². The minimum Gasteiger partial charge on any atom is -0.390 e. The maximum absolute atomic E-state index is 10.9. The first-order valence-electron chi connectivity index (χ1n) is 6.61. The molecule has 106 valence electrons. The van der Waals surface area contributed by atoms with Gasteiger partial charge in [0.05, 0.1) is 12.2 Å². The lowest BCUT2D eigenvalue weighted by atomic mass is 9.84. The highest BCUT2D eigenvalue weighted by molar-refractivity contribution is 5.55. The van der Waals surface area contributed by atoms with Crippen molar-refractivity contribution in [3.63, 3.8) is 0 Å². The molecular weight excluding hydrogens is 228 g/mol. The predicted octanol–water partition coefficient (Wildman–Crippen LogP) is 2.42. The molecule has 0 aromatic carbocycles. The Morgan fingerprint density at radius 1 is 1.00 bits per heavy atom. The Morgan fingerprint density at radius 3 is 1.83 bits per heavy atom. The van der Waals surface area contributed by atoms with Crippen molar-refractivity contribution in [2.45, 2.75) is 53.8 Å². The largest absolute Gasteiger partial charge is 0.390 e. The molecule has 3 nitrogen and oxygen atoms in total. The number of carbonyl (C=O) groups excluding carboxylic acids is 1. The van der Waals surface area contributed by atoms with E-state index in [-0.39, 0.29) is 17.3 Å². The molecule has 0 aromatic rings. The summed E-state index contributed by atoms with van der Waals surface area (Å²) in [5.74, 6) is -0.683. The molecule has 0 saturated heterocycles. The molecule has 0 amide bonds. The van der Waals surface area contributed by atoms with Crippen molar-refractivity contribution >= 4 is 6.29 Å². The van der Waals surface area contributed by atoms with Crippen molar-refractivity contribution in [1.82, 2.24) is 0 Å². The van der Waals surface area contributed by atoms with Crippen LogP contribution in [0, 0.1) is 23.2 Å². The van der Waals surface area contributed by atoms with Gasteiger partial charge in [0.15, 0.2) is 0 Å². The van der Waals surface area contributed by atoms with E-state index in [4.69, 9.17) is 0 Å². The molecule has 0 saturated carbocycles. The van der Waals surface area contributed by atoms with Crippen LogP contribution < -0.4 is 0 Å². The summed E-state index contributed by atoms with van der Waals surface area (Å²) < 4.78 is 0. The number of hydrogen-bond donors (Lipinski definition) is 2. The minimum atomic E-state index is -1.01. The van der Waals surface area contributed by atoms with Crippen LogP contribution in [0.2, 0.25) is 0 Å². The second-order valence-electron chi connectivity index (χ2n) is 6.52. The highest BCUT2D eigenvalue weighted by Gasteiger charge is 2.30. The SMILES string of the molecule is CC(C)C(C=O)C(O)C(O)C(C)/C=C/C(C)(C)C. The number of aliphatic hydroxyl groups is 2. The van der Waals surface area contributed by atoms with Gasteiger partial charge in [0, 0.05) is 11.8 Å². The molecule has 0 rings (SSSR count). The standard InChI is InChI=1S/C15H28O3/c1-10(2)12(9-16)14(18)13(17)11(3)7-8-15(4,5)6/h7-14,17-18H,1-6H3/b8-7+. The van der Waals surface area contributed by atoms with Gasteiger partial charge in [0.1, 0.15) is 6.29 Å². The van der Waals surface area contributed by atoms with E-state index in [2.05, 4.69) is 20.8 Å². The van der Waals surface area contributed by atoms with E-state index in [1.54, 1.807) is 0 Å². The zero-order valence-corrected chi connectivity index (χ0v) is 12.4. The summed E-state index contributed by atoms with van der Waals surface area (Å²) in [6.07, 6.45) is 2.72. The number of aldehydes is 1. The van der Waals surface area contributed by atoms with E-state index in [0.717, 1.165) is 6.29 Å². The molecule has 3 heteroatoms. The van der Waals surface area contributed by atoms with Crippen LogP contribution in [-0.2, 0) is 4.79 Å². The monoisotopic (exact) mass is 256 g/mol. The first-order chi connectivity index (χ1) is 8.10. The molecule has 0 heterocycles. The van der Waals surface area contributed by atoms with Crippen LogP contribution in [0.4, 0.5) is 0 Å². The summed E-state index contributed by atoms with van der Waals surface area (Å²) >= 11 is 0. The number of aliphatic hydroxyl groups excluding tert-OH is 2. The van der Waals surface area contributed by atoms with Gasteiger partial charge in [-0.05, 0) is 11.3 Å². The number of rotatable bonds is 6. The fourth-order valence-corrected chi connectivity index (χ4v) is 1.72. The molecule has 0 radical (unpaired) electrons. The van der Waals surface area contributed by atoms with Gasteiger partial charge in [0.2, 0.25) is 0 Å². The van der Waals surface area contributed by atoms with E-state index in [1.807, 2.05) is 32.9 Å². The Labute approximate surface area is 111 Å². The van der Waals surface area contributed by atoms with Crippen molar-refractivity contribution in [3.8, 4) is 0 Å². The quantitative estimate of drug-likeness (QED) is 0.567. The fraction of sp³-hybridized carbons (Fsp3) is 0.800. The maximum Gasteiger partial charge on any atom is 0.126 e. The molecule has 0 aliphatic rings. The Balaban J connectivity index is 4.67. The van der Waals surface area contributed by atoms with Crippen molar-refractivity contribution < 1.29 is 15.0 Å². The molecule has 18 heavy (non-hydrogen) atoms. The molecular formula is C15H28O3. The highest BCUT2D eigenvalue weighted by atomic mass is 16.3. The Hall–Kier alpha value is -0.670. The lowest BCUT2D eigenvalue weighted by Crippen LogP contribution is -2.40. The normalized spacial score (nSPS) is 19.8. The van der Waals surface area contributed by atoms with E-state index in [0.29, 0.717) is 0 Å². The number of allylic oxidation sites excluding steroid dienone is 1. The minimum absolute atomic E-state index is 0.0194. The summed E-state index contributed by atoms with van der Waals surface area (Å²) in [5, 5.41) is 20.1.